The summed E-state index contributed by atoms with van der Waals surface area (Å²) >= 11 is 6.20. The van der Waals surface area contributed by atoms with Gasteiger partial charge in [-0.3, -0.25) is 0 Å². The quantitative estimate of drug-likeness (QED) is 0.787. The first kappa shape index (κ1) is 15.3. The van der Waals surface area contributed by atoms with Crippen molar-refractivity contribution in [1.82, 2.24) is 5.32 Å². The van der Waals surface area contributed by atoms with Crippen molar-refractivity contribution in [2.45, 2.75) is 32.9 Å². The van der Waals surface area contributed by atoms with Gasteiger partial charge in [-0.2, -0.15) is 0 Å². The second-order valence-corrected chi connectivity index (χ2v) is 4.66. The van der Waals surface area contributed by atoms with Gasteiger partial charge in [-0.1, -0.05) is 24.6 Å². The molecule has 1 atom stereocenters. The fourth-order valence-corrected chi connectivity index (χ4v) is 1.83. The van der Waals surface area contributed by atoms with E-state index in [0.29, 0.717) is 11.6 Å². The number of halogens is 1. The fourth-order valence-electron chi connectivity index (χ4n) is 1.58. The summed E-state index contributed by atoms with van der Waals surface area (Å²) in [4.78, 5) is 0. The zero-order valence-corrected chi connectivity index (χ0v) is 12.1. The molecular weight excluding hydrogens is 250 g/mol. The van der Waals surface area contributed by atoms with Gasteiger partial charge in [0.25, 0.3) is 0 Å². The summed E-state index contributed by atoms with van der Waals surface area (Å²) in [6, 6.07) is 5.91. The van der Waals surface area contributed by atoms with Crippen molar-refractivity contribution >= 4 is 11.6 Å². The van der Waals surface area contributed by atoms with E-state index in [1.165, 1.54) is 5.56 Å². The molecule has 1 unspecified atom stereocenters. The number of methoxy groups -OCH3 is 1. The van der Waals surface area contributed by atoms with Gasteiger partial charge < -0.3 is 14.8 Å². The highest BCUT2D eigenvalue weighted by Gasteiger charge is 2.08. The molecule has 1 N–H and O–H groups in total. The van der Waals surface area contributed by atoms with Gasteiger partial charge in [0.1, 0.15) is 5.75 Å². The Morgan fingerprint density at radius 1 is 1.39 bits per heavy atom. The van der Waals surface area contributed by atoms with Gasteiger partial charge in [-0.25, -0.2) is 0 Å². The van der Waals surface area contributed by atoms with Crippen LogP contribution in [0.15, 0.2) is 18.2 Å². The van der Waals surface area contributed by atoms with Gasteiger partial charge in [-0.15, -0.1) is 0 Å². The number of benzene rings is 1. The molecule has 0 fully saturated rings. The molecule has 0 aliphatic carbocycles. The Kier molecular flexibility index (Phi) is 7.09. The van der Waals surface area contributed by atoms with Crippen LogP contribution in [-0.2, 0) is 11.3 Å². The van der Waals surface area contributed by atoms with Crippen LogP contribution in [0.2, 0.25) is 5.02 Å². The van der Waals surface area contributed by atoms with Crippen LogP contribution in [0.25, 0.3) is 0 Å². The summed E-state index contributed by atoms with van der Waals surface area (Å²) in [6.45, 7) is 6.56. The molecule has 102 valence electrons. The van der Waals surface area contributed by atoms with E-state index >= 15 is 0 Å². The number of hydrogen-bond donors (Lipinski definition) is 1. The van der Waals surface area contributed by atoms with Gasteiger partial charge >= 0.3 is 0 Å². The third-order valence-corrected chi connectivity index (χ3v) is 2.93. The molecule has 0 aromatic heterocycles. The summed E-state index contributed by atoms with van der Waals surface area (Å²) in [7, 11) is 1.69. The summed E-state index contributed by atoms with van der Waals surface area (Å²) in [5.41, 5.74) is 1.17. The van der Waals surface area contributed by atoms with Crippen molar-refractivity contribution in [2.24, 2.45) is 0 Å². The molecule has 0 amide bonds. The second-order valence-electron chi connectivity index (χ2n) is 4.26. The minimum absolute atomic E-state index is 0.0991. The van der Waals surface area contributed by atoms with Gasteiger partial charge in [0.2, 0.25) is 0 Å². The van der Waals surface area contributed by atoms with E-state index in [1.807, 2.05) is 25.1 Å². The topological polar surface area (TPSA) is 30.5 Å². The van der Waals surface area contributed by atoms with Crippen LogP contribution in [0.4, 0.5) is 0 Å². The van der Waals surface area contributed by atoms with Crippen LogP contribution in [-0.4, -0.2) is 26.4 Å². The van der Waals surface area contributed by atoms with Crippen molar-refractivity contribution in [3.05, 3.63) is 28.8 Å². The van der Waals surface area contributed by atoms with Gasteiger partial charge in [0.05, 0.1) is 11.1 Å². The maximum atomic E-state index is 6.20. The third kappa shape index (κ3) is 5.25. The van der Waals surface area contributed by atoms with E-state index in [-0.39, 0.29) is 6.10 Å². The molecule has 0 saturated carbocycles. The second kappa shape index (κ2) is 8.35. The lowest BCUT2D eigenvalue weighted by atomic mass is 10.2. The van der Waals surface area contributed by atoms with Crippen molar-refractivity contribution in [2.75, 3.05) is 20.3 Å². The predicted octanol–water partition coefficient (Wildman–Crippen LogP) is 3.25. The van der Waals surface area contributed by atoms with Crippen LogP contribution in [0, 0.1) is 0 Å². The molecule has 1 aromatic carbocycles. The van der Waals surface area contributed by atoms with Crippen LogP contribution in [0.3, 0.4) is 0 Å². The average molecular weight is 272 g/mol. The van der Waals surface area contributed by atoms with Crippen LogP contribution < -0.4 is 10.1 Å². The Bertz CT molecular complexity index is 358. The molecular formula is C14H22ClNO2. The lowest BCUT2D eigenvalue weighted by Gasteiger charge is -2.16. The van der Waals surface area contributed by atoms with E-state index in [1.54, 1.807) is 7.11 Å². The molecule has 0 aliphatic heterocycles. The first-order chi connectivity index (χ1) is 8.67. The number of ether oxygens (including phenoxy) is 2. The summed E-state index contributed by atoms with van der Waals surface area (Å²) < 4.78 is 10.8. The highest BCUT2D eigenvalue weighted by Crippen LogP contribution is 2.26. The molecule has 0 bridgehead atoms. The lowest BCUT2D eigenvalue weighted by molar-refractivity contribution is 0.135. The van der Waals surface area contributed by atoms with E-state index in [9.17, 15) is 0 Å². The van der Waals surface area contributed by atoms with Crippen molar-refractivity contribution in [1.29, 1.82) is 0 Å². The van der Waals surface area contributed by atoms with E-state index in [0.717, 1.165) is 25.3 Å². The van der Waals surface area contributed by atoms with Crippen LogP contribution in [0.1, 0.15) is 25.8 Å². The number of hydrogen-bond acceptors (Lipinski definition) is 3. The molecule has 0 aliphatic rings. The largest absolute Gasteiger partial charge is 0.489 e. The van der Waals surface area contributed by atoms with E-state index in [4.69, 9.17) is 21.1 Å². The SMILES string of the molecule is CCNCc1ccc(OC(C)CCOC)c(Cl)c1. The molecule has 1 rings (SSSR count). The molecule has 3 nitrogen and oxygen atoms in total. The molecule has 0 heterocycles. The third-order valence-electron chi connectivity index (χ3n) is 2.63. The summed E-state index contributed by atoms with van der Waals surface area (Å²) in [5, 5.41) is 3.93. The van der Waals surface area contributed by atoms with Crippen LogP contribution in [0.5, 0.6) is 5.75 Å². The molecule has 4 heteroatoms. The maximum Gasteiger partial charge on any atom is 0.138 e. The molecule has 0 spiro atoms. The summed E-state index contributed by atoms with van der Waals surface area (Å²) in [6.07, 6.45) is 0.952. The van der Waals surface area contributed by atoms with Crippen molar-refractivity contribution in [3.63, 3.8) is 0 Å². The minimum atomic E-state index is 0.0991. The molecule has 0 saturated heterocycles. The Morgan fingerprint density at radius 2 is 2.17 bits per heavy atom. The predicted molar refractivity (Wildman–Crippen MR) is 75.4 cm³/mol. The normalized spacial score (nSPS) is 12.4. The Balaban J connectivity index is 2.56. The van der Waals surface area contributed by atoms with Gasteiger partial charge in [-0.05, 0) is 31.2 Å². The monoisotopic (exact) mass is 271 g/mol. The van der Waals surface area contributed by atoms with E-state index < -0.39 is 0 Å². The smallest absolute Gasteiger partial charge is 0.138 e. The fraction of sp³-hybridized carbons (Fsp3) is 0.571. The standard InChI is InChI=1S/C14H22ClNO2/c1-4-16-10-12-5-6-14(13(15)9-12)18-11(2)7-8-17-3/h5-6,9,11,16H,4,7-8,10H2,1-3H3. The highest BCUT2D eigenvalue weighted by atomic mass is 35.5. The van der Waals surface area contributed by atoms with Crippen molar-refractivity contribution < 1.29 is 9.47 Å². The Hall–Kier alpha value is -0.770. The van der Waals surface area contributed by atoms with Gasteiger partial charge in [0, 0.05) is 26.7 Å². The maximum absolute atomic E-state index is 6.20. The minimum Gasteiger partial charge on any atom is -0.489 e. The number of nitrogens with one attached hydrogen (secondary N) is 1. The Labute approximate surface area is 114 Å². The zero-order chi connectivity index (χ0) is 13.4. The van der Waals surface area contributed by atoms with Gasteiger partial charge in [0.15, 0.2) is 0 Å². The summed E-state index contributed by atoms with van der Waals surface area (Å²) in [5.74, 6) is 0.737. The average Bonchev–Trinajstić information content (AvgIpc) is 2.36. The number of rotatable bonds is 8. The molecule has 1 aromatic rings. The first-order valence-electron chi connectivity index (χ1n) is 6.32. The molecule has 18 heavy (non-hydrogen) atoms. The Morgan fingerprint density at radius 3 is 2.78 bits per heavy atom. The first-order valence-corrected chi connectivity index (χ1v) is 6.70. The van der Waals surface area contributed by atoms with E-state index in [2.05, 4.69) is 12.2 Å². The highest BCUT2D eigenvalue weighted by molar-refractivity contribution is 6.32. The lowest BCUT2D eigenvalue weighted by Crippen LogP contribution is -2.15. The molecule has 0 radical (unpaired) electrons. The van der Waals surface area contributed by atoms with Crippen molar-refractivity contribution in [3.8, 4) is 5.75 Å². The van der Waals surface area contributed by atoms with Crippen LogP contribution >= 0.6 is 11.6 Å². The zero-order valence-electron chi connectivity index (χ0n) is 11.3.